The van der Waals surface area contributed by atoms with E-state index in [1.54, 1.807) is 6.07 Å². The van der Waals surface area contributed by atoms with Crippen molar-refractivity contribution >= 4 is 58.2 Å². The lowest BCUT2D eigenvalue weighted by atomic mass is 9.90. The first-order valence-corrected chi connectivity index (χ1v) is 19.7. The third-order valence-corrected chi connectivity index (χ3v) is 11.9. The summed E-state index contributed by atoms with van der Waals surface area (Å²) in [6, 6.07) is 11.8. The zero-order valence-electron chi connectivity index (χ0n) is 30.5. The first-order valence-electron chi connectivity index (χ1n) is 18.7. The summed E-state index contributed by atoms with van der Waals surface area (Å²) < 4.78 is 5.85. The highest BCUT2D eigenvalue weighted by Crippen LogP contribution is 2.42. The maximum Gasteiger partial charge on any atom is 0.336 e. The average Bonchev–Trinajstić information content (AvgIpc) is 3.72. The van der Waals surface area contributed by atoms with Crippen molar-refractivity contribution in [3.63, 3.8) is 0 Å². The fourth-order valence-electron chi connectivity index (χ4n) is 7.53. The maximum absolute atomic E-state index is 13.0. The minimum absolute atomic E-state index is 0.0136. The summed E-state index contributed by atoms with van der Waals surface area (Å²) in [7, 11) is 0. The van der Waals surface area contributed by atoms with Crippen molar-refractivity contribution in [2.75, 3.05) is 12.3 Å². The van der Waals surface area contributed by atoms with Crippen LogP contribution in [0.25, 0.3) is 33.4 Å². The summed E-state index contributed by atoms with van der Waals surface area (Å²) in [4.78, 5) is 86.1. The Labute approximate surface area is 325 Å². The second-order valence-electron chi connectivity index (χ2n) is 14.3. The third kappa shape index (κ3) is 9.56. The van der Waals surface area contributed by atoms with Gasteiger partial charge < -0.3 is 35.7 Å². The number of carboxylic acid groups (broad SMARTS) is 2. The van der Waals surface area contributed by atoms with E-state index in [1.807, 2.05) is 11.8 Å². The number of aliphatic carboxylic acids is 1. The molecule has 4 atom stereocenters. The number of rotatable bonds is 18. The number of unbranched alkanes of at least 4 members (excludes halogenated alkanes) is 3. The maximum atomic E-state index is 13.0. The number of carbonyl (C=O) groups is 6. The van der Waals surface area contributed by atoms with Gasteiger partial charge in [0.25, 0.3) is 5.91 Å². The van der Waals surface area contributed by atoms with Crippen LogP contribution in [0.5, 0.6) is 5.75 Å². The van der Waals surface area contributed by atoms with Gasteiger partial charge in [-0.3, -0.25) is 24.0 Å². The van der Waals surface area contributed by atoms with E-state index in [1.165, 1.54) is 48.5 Å². The molecule has 0 spiro atoms. The number of thioether (sulfide) groups is 1. The molecular weight excluding hydrogens is 743 g/mol. The quantitative estimate of drug-likeness (QED) is 0.0581. The third-order valence-electron chi connectivity index (χ3n) is 10.4. The minimum Gasteiger partial charge on any atom is -0.508 e. The molecule has 14 nitrogen and oxygen atoms in total. The number of nitrogens with one attached hydrogen (secondary N) is 3. The molecule has 1 unspecified atom stereocenters. The van der Waals surface area contributed by atoms with E-state index in [9.17, 15) is 48.9 Å². The fraction of sp³-hybridized carbons (Fsp3) is 0.390. The second-order valence-corrected chi connectivity index (χ2v) is 15.6. The topological polar surface area (TPSA) is 229 Å². The molecule has 3 amide bonds. The molecule has 3 aliphatic heterocycles. The number of ketones is 1. The van der Waals surface area contributed by atoms with Gasteiger partial charge in [-0.15, -0.1) is 0 Å². The first kappa shape index (κ1) is 40.0. The van der Waals surface area contributed by atoms with Crippen molar-refractivity contribution in [3.05, 3.63) is 75.9 Å². The first-order chi connectivity index (χ1) is 26.9. The number of carboxylic acids is 2. The van der Waals surface area contributed by atoms with E-state index in [-0.39, 0.29) is 88.7 Å². The number of benzene rings is 3. The van der Waals surface area contributed by atoms with Crippen molar-refractivity contribution in [2.24, 2.45) is 5.92 Å². The fourth-order valence-corrected chi connectivity index (χ4v) is 9.19. The molecule has 0 aromatic heterocycles. The molecule has 2 saturated heterocycles. The van der Waals surface area contributed by atoms with Gasteiger partial charge in [0.05, 0.1) is 12.1 Å². The number of fused-ring (bicyclic) bond motifs is 3. The van der Waals surface area contributed by atoms with Gasteiger partial charge in [-0.25, -0.2) is 9.59 Å². The van der Waals surface area contributed by atoms with Crippen LogP contribution in [0.2, 0.25) is 0 Å². The zero-order valence-corrected chi connectivity index (χ0v) is 31.3. The zero-order chi connectivity index (χ0) is 39.9. The Bertz CT molecular complexity index is 2200. The molecule has 2 fully saturated rings. The Morgan fingerprint density at radius 3 is 2.46 bits per heavy atom. The lowest BCUT2D eigenvalue weighted by molar-refractivity contribution is -0.142. The molecule has 15 heteroatoms. The summed E-state index contributed by atoms with van der Waals surface area (Å²) >= 11 is 1.87. The number of hydrogen-bond donors (Lipinski definition) is 6. The molecule has 4 aliphatic rings. The average molecular weight is 786 g/mol. The van der Waals surface area contributed by atoms with Crippen LogP contribution in [-0.4, -0.2) is 80.4 Å². The highest BCUT2D eigenvalue weighted by molar-refractivity contribution is 8.00. The van der Waals surface area contributed by atoms with Crippen molar-refractivity contribution in [1.29, 1.82) is 0 Å². The van der Waals surface area contributed by atoms with Crippen LogP contribution in [0.1, 0.15) is 84.9 Å². The van der Waals surface area contributed by atoms with Gasteiger partial charge in [0.2, 0.25) is 11.8 Å². The van der Waals surface area contributed by atoms with Crippen LogP contribution in [0.15, 0.2) is 63.8 Å². The van der Waals surface area contributed by atoms with Gasteiger partial charge >= 0.3 is 11.9 Å². The normalized spacial score (nSPS) is 18.0. The molecule has 2 aromatic carbocycles. The van der Waals surface area contributed by atoms with Crippen LogP contribution in [0, 0.1) is 5.92 Å². The number of Topliss-reactive ketones (excluding diaryl/α,β-unsaturated/α-hetero) is 1. The number of aromatic hydroxyl groups is 1. The number of carbonyl (C=O) groups excluding carboxylic acids is 4. The summed E-state index contributed by atoms with van der Waals surface area (Å²) in [6.07, 6.45) is 4.96. The molecule has 56 heavy (non-hydrogen) atoms. The number of aromatic carboxylic acids is 1. The van der Waals surface area contributed by atoms with Crippen molar-refractivity contribution in [1.82, 2.24) is 16.0 Å². The van der Waals surface area contributed by atoms with Gasteiger partial charge in [0.1, 0.15) is 23.1 Å². The van der Waals surface area contributed by atoms with E-state index in [0.29, 0.717) is 59.8 Å². The molecular formula is C41H43N3O11S. The van der Waals surface area contributed by atoms with Crippen LogP contribution in [0.4, 0.5) is 0 Å². The number of hydrogen-bond acceptors (Lipinski definition) is 10. The largest absolute Gasteiger partial charge is 0.508 e. The van der Waals surface area contributed by atoms with E-state index in [0.717, 1.165) is 18.6 Å². The van der Waals surface area contributed by atoms with Crippen LogP contribution in [0.3, 0.4) is 0 Å². The Kier molecular flexibility index (Phi) is 12.7. The Hall–Kier alpha value is -5.70. The Morgan fingerprint density at radius 2 is 1.68 bits per heavy atom. The molecule has 0 saturated carbocycles. The minimum atomic E-state index is -1.31. The van der Waals surface area contributed by atoms with E-state index in [4.69, 9.17) is 4.42 Å². The van der Waals surface area contributed by atoms with Crippen molar-refractivity contribution in [2.45, 2.75) is 81.5 Å². The van der Waals surface area contributed by atoms with E-state index in [2.05, 4.69) is 16.0 Å². The second kappa shape index (κ2) is 17.8. The molecule has 6 N–H and O–H groups in total. The lowest BCUT2D eigenvalue weighted by Gasteiger charge is -2.17. The summed E-state index contributed by atoms with van der Waals surface area (Å²) in [5, 5.41) is 38.9. The molecule has 0 radical (unpaired) electrons. The van der Waals surface area contributed by atoms with Crippen LogP contribution < -0.4 is 21.4 Å². The monoisotopic (exact) mass is 785 g/mol. The molecule has 2 aromatic rings. The Morgan fingerprint density at radius 1 is 0.893 bits per heavy atom. The van der Waals surface area contributed by atoms with E-state index >= 15 is 0 Å². The lowest BCUT2D eigenvalue weighted by Crippen LogP contribution is -2.40. The van der Waals surface area contributed by atoms with Crippen molar-refractivity contribution in [3.8, 4) is 28.2 Å². The van der Waals surface area contributed by atoms with Gasteiger partial charge in [-0.05, 0) is 67.6 Å². The smallest absolute Gasteiger partial charge is 0.336 e. The SMILES string of the molecule is O=C(CCCCCC(NC(=O)CCCC[C@@H]1SC[C@@H]2NC(=O)C[C@@H]21)C(=O)O)CNC(=O)c1ccc(-c2c3ccc(=O)cc-3oc3cc(O)ccc23)c(C(=O)O)c1. The van der Waals surface area contributed by atoms with E-state index < -0.39 is 23.9 Å². The van der Waals surface area contributed by atoms with Crippen LogP contribution in [-0.2, 0) is 19.2 Å². The number of amides is 3. The van der Waals surface area contributed by atoms with Gasteiger partial charge in [-0.1, -0.05) is 25.3 Å². The molecule has 3 heterocycles. The van der Waals surface area contributed by atoms with Crippen LogP contribution >= 0.6 is 11.8 Å². The summed E-state index contributed by atoms with van der Waals surface area (Å²) in [5.74, 6) is -2.19. The summed E-state index contributed by atoms with van der Waals surface area (Å²) in [6.45, 7) is -0.289. The molecule has 1 aliphatic carbocycles. The Balaban J connectivity index is 0.950. The molecule has 0 bridgehead atoms. The molecule has 6 rings (SSSR count). The van der Waals surface area contributed by atoms with Gasteiger partial charge in [0.15, 0.2) is 11.2 Å². The predicted octanol–water partition coefficient (Wildman–Crippen LogP) is 4.97. The summed E-state index contributed by atoms with van der Waals surface area (Å²) in [5.41, 5.74) is 0.849. The molecule has 294 valence electrons. The predicted molar refractivity (Wildman–Crippen MR) is 208 cm³/mol. The van der Waals surface area contributed by atoms with Gasteiger partial charge in [0, 0.05) is 76.4 Å². The highest BCUT2D eigenvalue weighted by Gasteiger charge is 2.42. The number of phenols is 1. The standard InChI is InChI=1S/C41H43N3O11S/c45-23-11-14-27-33(17-23)55-34-18-24(46)12-15-28(34)38(27)26-13-10-22(16-29(26)40(51)52)39(50)42-20-25(47)6-2-1-3-7-31(41(53)54)43-36(48)9-5-4-8-35-30-19-37(49)44-32(30)21-56-35/h10-18,30-32,35,45H,1-9,19-21H2,(H,42,50)(H,43,48)(H,44,49)(H,51,52)(H,53,54)/t30-,31?,32-,35-/m0/s1. The van der Waals surface area contributed by atoms with Crippen molar-refractivity contribution < 1.29 is 48.5 Å². The number of phenolic OH excluding ortho intramolecular Hbond substituents is 1. The van der Waals surface area contributed by atoms with Gasteiger partial charge in [-0.2, -0.15) is 11.8 Å². The highest BCUT2D eigenvalue weighted by atomic mass is 32.2.